The lowest BCUT2D eigenvalue weighted by atomic mass is 9.77. The molecule has 0 saturated heterocycles. The molecule has 0 aliphatic carbocycles. The van der Waals surface area contributed by atoms with Crippen LogP contribution in [0, 0.1) is 39.4 Å². The molecule has 0 bridgehead atoms. The van der Waals surface area contributed by atoms with E-state index in [2.05, 4.69) is 5.10 Å². The van der Waals surface area contributed by atoms with Gasteiger partial charge in [-0.05, 0) is 12.8 Å². The SMILES string of the molecule is CCC/C=N/N1C(N)=C(C#N)C(C#N)(C#N)C1CCC. The van der Waals surface area contributed by atoms with Crippen molar-refractivity contribution in [2.24, 2.45) is 16.3 Å². The molecular formula is C14H18N6. The Balaban J connectivity index is 3.32. The van der Waals surface area contributed by atoms with E-state index in [0.717, 1.165) is 19.3 Å². The molecule has 6 heteroatoms. The summed E-state index contributed by atoms with van der Waals surface area (Å²) in [7, 11) is 0. The molecule has 0 spiro atoms. The van der Waals surface area contributed by atoms with Crippen LogP contribution < -0.4 is 5.73 Å². The number of unbranched alkanes of at least 4 members (excludes halogenated alkanes) is 1. The molecule has 0 amide bonds. The minimum absolute atomic E-state index is 0.00889. The molecule has 2 N–H and O–H groups in total. The highest BCUT2D eigenvalue weighted by molar-refractivity contribution is 5.58. The highest BCUT2D eigenvalue weighted by atomic mass is 15.5. The molecule has 1 heterocycles. The zero-order valence-electron chi connectivity index (χ0n) is 11.8. The van der Waals surface area contributed by atoms with Gasteiger partial charge < -0.3 is 5.73 Å². The first-order chi connectivity index (χ1) is 9.62. The van der Waals surface area contributed by atoms with Gasteiger partial charge in [-0.15, -0.1) is 0 Å². The van der Waals surface area contributed by atoms with Crippen molar-refractivity contribution in [2.75, 3.05) is 0 Å². The van der Waals surface area contributed by atoms with Gasteiger partial charge in [-0.3, -0.25) is 0 Å². The Kier molecular flexibility index (Phi) is 5.12. The molecule has 1 aliphatic heterocycles. The van der Waals surface area contributed by atoms with Gasteiger partial charge in [0.15, 0.2) is 0 Å². The summed E-state index contributed by atoms with van der Waals surface area (Å²) in [5.41, 5.74) is 4.41. The van der Waals surface area contributed by atoms with Crippen molar-refractivity contribution in [3.63, 3.8) is 0 Å². The molecule has 0 radical (unpaired) electrons. The molecule has 104 valence electrons. The summed E-state index contributed by atoms with van der Waals surface area (Å²) in [5, 5.41) is 33.8. The summed E-state index contributed by atoms with van der Waals surface area (Å²) < 4.78 is 0. The van der Waals surface area contributed by atoms with Crippen molar-refractivity contribution in [3.05, 3.63) is 11.4 Å². The van der Waals surface area contributed by atoms with E-state index >= 15 is 0 Å². The van der Waals surface area contributed by atoms with Crippen LogP contribution in [0.2, 0.25) is 0 Å². The summed E-state index contributed by atoms with van der Waals surface area (Å²) in [4.78, 5) is 0. The van der Waals surface area contributed by atoms with Gasteiger partial charge in [-0.2, -0.15) is 20.9 Å². The van der Waals surface area contributed by atoms with Crippen molar-refractivity contribution >= 4 is 6.21 Å². The maximum absolute atomic E-state index is 9.43. The monoisotopic (exact) mass is 270 g/mol. The minimum Gasteiger partial charge on any atom is -0.383 e. The Labute approximate surface area is 119 Å². The molecule has 0 aromatic rings. The van der Waals surface area contributed by atoms with Gasteiger partial charge >= 0.3 is 0 Å². The van der Waals surface area contributed by atoms with Crippen LogP contribution in [0.15, 0.2) is 16.5 Å². The summed E-state index contributed by atoms with van der Waals surface area (Å²) >= 11 is 0. The number of hydrogen-bond acceptors (Lipinski definition) is 6. The molecule has 0 fully saturated rings. The third-order valence-electron chi connectivity index (χ3n) is 3.34. The smallest absolute Gasteiger partial charge is 0.204 e. The largest absolute Gasteiger partial charge is 0.383 e. The van der Waals surface area contributed by atoms with Crippen LogP contribution in [0.25, 0.3) is 0 Å². The molecule has 0 saturated carbocycles. The van der Waals surface area contributed by atoms with E-state index in [1.807, 2.05) is 32.1 Å². The van der Waals surface area contributed by atoms with Gasteiger partial charge in [0.1, 0.15) is 17.5 Å². The number of nitrogens with zero attached hydrogens (tertiary/aromatic N) is 5. The van der Waals surface area contributed by atoms with Crippen LogP contribution in [0.1, 0.15) is 39.5 Å². The van der Waals surface area contributed by atoms with E-state index < -0.39 is 11.5 Å². The van der Waals surface area contributed by atoms with Crippen molar-refractivity contribution in [2.45, 2.75) is 45.6 Å². The van der Waals surface area contributed by atoms with E-state index in [-0.39, 0.29) is 11.4 Å². The first kappa shape index (κ1) is 15.5. The van der Waals surface area contributed by atoms with E-state index in [4.69, 9.17) is 5.73 Å². The van der Waals surface area contributed by atoms with Crippen LogP contribution in [-0.2, 0) is 0 Å². The lowest BCUT2D eigenvalue weighted by Crippen LogP contribution is -2.38. The molecular weight excluding hydrogens is 252 g/mol. The van der Waals surface area contributed by atoms with Crippen LogP contribution in [0.3, 0.4) is 0 Å². The zero-order chi connectivity index (χ0) is 15.2. The van der Waals surface area contributed by atoms with Gasteiger partial charge in [0.25, 0.3) is 0 Å². The third kappa shape index (κ3) is 2.31. The highest BCUT2D eigenvalue weighted by Gasteiger charge is 2.54. The van der Waals surface area contributed by atoms with E-state index in [9.17, 15) is 15.8 Å². The van der Waals surface area contributed by atoms with Crippen molar-refractivity contribution < 1.29 is 0 Å². The number of nitrogens with two attached hydrogens (primary N) is 1. The standard InChI is InChI=1S/C14H18N6/c1-3-5-7-19-20-12(6-4-2)14(9-16,10-17)11(8-15)13(20)18/h7,12H,3-6,18H2,1-2H3/b19-7+. The van der Waals surface area contributed by atoms with E-state index in [1.54, 1.807) is 6.21 Å². The van der Waals surface area contributed by atoms with Gasteiger partial charge in [0.05, 0.1) is 18.2 Å². The first-order valence-corrected chi connectivity index (χ1v) is 6.67. The predicted molar refractivity (Wildman–Crippen MR) is 74.4 cm³/mol. The molecule has 6 nitrogen and oxygen atoms in total. The Bertz CT molecular complexity index is 525. The van der Waals surface area contributed by atoms with Crippen LogP contribution in [-0.4, -0.2) is 17.3 Å². The quantitative estimate of drug-likeness (QED) is 0.767. The summed E-state index contributed by atoms with van der Waals surface area (Å²) in [6.07, 6.45) is 4.75. The third-order valence-corrected chi connectivity index (χ3v) is 3.34. The molecule has 1 rings (SSSR count). The van der Waals surface area contributed by atoms with Crippen molar-refractivity contribution in [1.82, 2.24) is 5.01 Å². The molecule has 1 aliphatic rings. The van der Waals surface area contributed by atoms with Gasteiger partial charge in [-0.25, -0.2) is 5.01 Å². The first-order valence-electron chi connectivity index (χ1n) is 6.67. The number of hydrogen-bond donors (Lipinski definition) is 1. The van der Waals surface area contributed by atoms with Crippen molar-refractivity contribution in [1.29, 1.82) is 15.8 Å². The summed E-state index contributed by atoms with van der Waals surface area (Å²) in [5.74, 6) is 0.112. The van der Waals surface area contributed by atoms with Gasteiger partial charge in [0, 0.05) is 6.21 Å². The average molecular weight is 270 g/mol. The zero-order valence-corrected chi connectivity index (χ0v) is 11.8. The van der Waals surface area contributed by atoms with Crippen LogP contribution in [0.5, 0.6) is 0 Å². The van der Waals surface area contributed by atoms with Crippen molar-refractivity contribution in [3.8, 4) is 18.2 Å². The van der Waals surface area contributed by atoms with Gasteiger partial charge in [0.2, 0.25) is 5.41 Å². The molecule has 0 aromatic carbocycles. The van der Waals surface area contributed by atoms with E-state index in [0.29, 0.717) is 6.42 Å². The number of nitriles is 3. The van der Waals surface area contributed by atoms with Gasteiger partial charge in [-0.1, -0.05) is 26.7 Å². The Morgan fingerprint density at radius 2 is 1.95 bits per heavy atom. The number of hydrazone groups is 1. The fraction of sp³-hybridized carbons (Fsp3) is 0.571. The van der Waals surface area contributed by atoms with Crippen LogP contribution >= 0.6 is 0 Å². The summed E-state index contributed by atoms with van der Waals surface area (Å²) in [6, 6.07) is 5.35. The molecule has 1 atom stereocenters. The van der Waals surface area contributed by atoms with E-state index in [1.165, 1.54) is 5.01 Å². The molecule has 20 heavy (non-hydrogen) atoms. The maximum Gasteiger partial charge on any atom is 0.204 e. The molecule has 1 unspecified atom stereocenters. The fourth-order valence-corrected chi connectivity index (χ4v) is 2.30. The second-order valence-electron chi connectivity index (χ2n) is 4.64. The van der Waals surface area contributed by atoms with Crippen LogP contribution in [0.4, 0.5) is 0 Å². The topological polar surface area (TPSA) is 113 Å². The number of rotatable bonds is 5. The highest BCUT2D eigenvalue weighted by Crippen LogP contribution is 2.43. The minimum atomic E-state index is -1.53. The second-order valence-corrected chi connectivity index (χ2v) is 4.64. The predicted octanol–water partition coefficient (Wildman–Crippen LogP) is 1.98. The normalized spacial score (nSPS) is 20.8. The Morgan fingerprint density at radius 1 is 1.30 bits per heavy atom. The summed E-state index contributed by atoms with van der Waals surface area (Å²) in [6.45, 7) is 3.97. The maximum atomic E-state index is 9.43. The fourth-order valence-electron chi connectivity index (χ4n) is 2.30. The lowest BCUT2D eigenvalue weighted by Gasteiger charge is -2.27. The Morgan fingerprint density at radius 3 is 2.40 bits per heavy atom. The Hall–Kier alpha value is -2.52. The average Bonchev–Trinajstić information content (AvgIpc) is 2.69. The second kappa shape index (κ2) is 6.59. The lowest BCUT2D eigenvalue weighted by molar-refractivity contribution is 0.223. The molecule has 0 aromatic heterocycles.